The van der Waals surface area contributed by atoms with Crippen molar-refractivity contribution in [2.24, 2.45) is 0 Å². The molecule has 0 bridgehead atoms. The van der Waals surface area contributed by atoms with Crippen LogP contribution in [0, 0.1) is 6.92 Å². The van der Waals surface area contributed by atoms with Gasteiger partial charge in [0.25, 0.3) is 0 Å². The molecule has 0 aliphatic heterocycles. The number of carbonyl (C=O) groups is 1. The van der Waals surface area contributed by atoms with E-state index in [4.69, 9.17) is 4.42 Å². The number of carbonyl (C=O) groups excluding carboxylic acids is 1. The Labute approximate surface area is 157 Å². The van der Waals surface area contributed by atoms with Gasteiger partial charge in [0.2, 0.25) is 5.91 Å². The molecule has 1 amide bonds. The Morgan fingerprint density at radius 1 is 1.07 bits per heavy atom. The summed E-state index contributed by atoms with van der Waals surface area (Å²) in [7, 11) is 0. The van der Waals surface area contributed by atoms with Crippen molar-refractivity contribution < 1.29 is 9.21 Å². The summed E-state index contributed by atoms with van der Waals surface area (Å²) >= 11 is 0. The third-order valence-electron chi connectivity index (χ3n) is 4.46. The van der Waals surface area contributed by atoms with E-state index in [2.05, 4.69) is 15.3 Å². The van der Waals surface area contributed by atoms with Gasteiger partial charge in [-0.15, -0.1) is 0 Å². The highest BCUT2D eigenvalue weighted by molar-refractivity contribution is 6.01. The van der Waals surface area contributed by atoms with Crippen molar-refractivity contribution in [1.82, 2.24) is 9.97 Å². The first-order valence-electron chi connectivity index (χ1n) is 8.81. The fourth-order valence-corrected chi connectivity index (χ4v) is 3.18. The monoisotopic (exact) mass is 357 g/mol. The summed E-state index contributed by atoms with van der Waals surface area (Å²) in [6, 6.07) is 19.2. The molecule has 134 valence electrons. The minimum absolute atomic E-state index is 0.0911. The highest BCUT2D eigenvalue weighted by Crippen LogP contribution is 2.27. The molecule has 1 N–H and O–H groups in total. The lowest BCUT2D eigenvalue weighted by atomic mass is 9.91. The van der Waals surface area contributed by atoms with Crippen LogP contribution in [0.3, 0.4) is 0 Å². The Hall–Kier alpha value is -3.47. The molecule has 2 aromatic carbocycles. The molecular weight excluding hydrogens is 338 g/mol. The summed E-state index contributed by atoms with van der Waals surface area (Å²) in [5.74, 6) is 0.142. The standard InChI is InChI=1S/C22H19N3O2/c1-15-24-19-10-5-11-20(21(19)27-15)25-22(26)18(17-8-3-2-4-9-17)13-16-7-6-12-23-14-16/h2-12,14,18H,13H2,1H3,(H,25,26). The molecule has 0 saturated heterocycles. The number of benzene rings is 2. The molecule has 0 radical (unpaired) electrons. The Morgan fingerprint density at radius 3 is 2.70 bits per heavy atom. The van der Waals surface area contributed by atoms with E-state index in [9.17, 15) is 4.79 Å². The minimum atomic E-state index is -0.338. The van der Waals surface area contributed by atoms with E-state index in [1.807, 2.05) is 60.7 Å². The molecule has 1 atom stereocenters. The second kappa shape index (κ2) is 7.41. The van der Waals surface area contributed by atoms with E-state index in [0.717, 1.165) is 16.6 Å². The molecule has 1 unspecified atom stereocenters. The van der Waals surface area contributed by atoms with E-state index in [1.165, 1.54) is 0 Å². The van der Waals surface area contributed by atoms with Gasteiger partial charge in [0, 0.05) is 19.3 Å². The fourth-order valence-electron chi connectivity index (χ4n) is 3.18. The summed E-state index contributed by atoms with van der Waals surface area (Å²) < 4.78 is 5.67. The highest BCUT2D eigenvalue weighted by atomic mass is 16.3. The van der Waals surface area contributed by atoms with E-state index in [0.29, 0.717) is 23.6 Å². The lowest BCUT2D eigenvalue weighted by molar-refractivity contribution is -0.117. The number of anilines is 1. The average Bonchev–Trinajstić information content (AvgIpc) is 3.09. The third kappa shape index (κ3) is 3.72. The van der Waals surface area contributed by atoms with Crippen LogP contribution < -0.4 is 5.32 Å². The largest absolute Gasteiger partial charge is 0.439 e. The number of pyridine rings is 1. The number of nitrogens with one attached hydrogen (secondary N) is 1. The summed E-state index contributed by atoms with van der Waals surface area (Å²) in [5.41, 5.74) is 3.92. The van der Waals surface area contributed by atoms with Crippen molar-refractivity contribution >= 4 is 22.7 Å². The summed E-state index contributed by atoms with van der Waals surface area (Å²) in [5, 5.41) is 3.02. The molecule has 2 aromatic heterocycles. The number of rotatable bonds is 5. The van der Waals surface area contributed by atoms with E-state index in [1.54, 1.807) is 19.3 Å². The number of hydrogen-bond donors (Lipinski definition) is 1. The van der Waals surface area contributed by atoms with Gasteiger partial charge < -0.3 is 9.73 Å². The Bertz CT molecular complexity index is 1060. The van der Waals surface area contributed by atoms with Gasteiger partial charge in [0.05, 0.1) is 11.6 Å². The fraction of sp³-hybridized carbons (Fsp3) is 0.136. The van der Waals surface area contributed by atoms with Gasteiger partial charge in [-0.05, 0) is 35.7 Å². The van der Waals surface area contributed by atoms with Gasteiger partial charge in [0.1, 0.15) is 5.52 Å². The van der Waals surface area contributed by atoms with Crippen LogP contribution in [0.2, 0.25) is 0 Å². The summed E-state index contributed by atoms with van der Waals surface area (Å²) in [6.07, 6.45) is 4.09. The van der Waals surface area contributed by atoms with Crippen molar-refractivity contribution in [2.75, 3.05) is 5.32 Å². The molecule has 5 heteroatoms. The number of oxazole rings is 1. The second-order valence-corrected chi connectivity index (χ2v) is 6.40. The summed E-state index contributed by atoms with van der Waals surface area (Å²) in [6.45, 7) is 1.79. The molecule has 0 fully saturated rings. The average molecular weight is 357 g/mol. The predicted octanol–water partition coefficient (Wildman–Crippen LogP) is 4.50. The van der Waals surface area contributed by atoms with Crippen molar-refractivity contribution in [3.05, 3.63) is 90.1 Å². The van der Waals surface area contributed by atoms with E-state index < -0.39 is 0 Å². The van der Waals surface area contributed by atoms with Crippen LogP contribution in [-0.4, -0.2) is 15.9 Å². The zero-order valence-electron chi connectivity index (χ0n) is 14.9. The lowest BCUT2D eigenvalue weighted by Crippen LogP contribution is -2.23. The third-order valence-corrected chi connectivity index (χ3v) is 4.46. The van der Waals surface area contributed by atoms with Crippen LogP contribution in [-0.2, 0) is 11.2 Å². The Morgan fingerprint density at radius 2 is 1.93 bits per heavy atom. The number of amides is 1. The van der Waals surface area contributed by atoms with Gasteiger partial charge >= 0.3 is 0 Å². The first kappa shape index (κ1) is 17.0. The Kier molecular flexibility index (Phi) is 4.66. The van der Waals surface area contributed by atoms with Crippen molar-refractivity contribution in [2.45, 2.75) is 19.3 Å². The topological polar surface area (TPSA) is 68.0 Å². The first-order chi connectivity index (χ1) is 13.2. The number of aromatic nitrogens is 2. The van der Waals surface area contributed by atoms with Gasteiger partial charge in [-0.3, -0.25) is 9.78 Å². The van der Waals surface area contributed by atoms with Crippen molar-refractivity contribution in [3.8, 4) is 0 Å². The van der Waals surface area contributed by atoms with Gasteiger partial charge in [-0.2, -0.15) is 0 Å². The van der Waals surface area contributed by atoms with Crippen LogP contribution in [0.1, 0.15) is 22.9 Å². The molecule has 0 aliphatic carbocycles. The maximum atomic E-state index is 13.2. The lowest BCUT2D eigenvalue weighted by Gasteiger charge is -2.17. The quantitative estimate of drug-likeness (QED) is 0.571. The van der Waals surface area contributed by atoms with E-state index >= 15 is 0 Å². The van der Waals surface area contributed by atoms with Crippen LogP contribution in [0.4, 0.5) is 5.69 Å². The van der Waals surface area contributed by atoms with Crippen molar-refractivity contribution in [1.29, 1.82) is 0 Å². The maximum Gasteiger partial charge on any atom is 0.232 e. The van der Waals surface area contributed by atoms with Gasteiger partial charge in [0.15, 0.2) is 11.5 Å². The Balaban J connectivity index is 1.66. The molecule has 0 spiro atoms. The smallest absolute Gasteiger partial charge is 0.232 e. The molecule has 0 saturated carbocycles. The van der Waals surface area contributed by atoms with Gasteiger partial charge in [-0.1, -0.05) is 42.5 Å². The molecule has 27 heavy (non-hydrogen) atoms. The van der Waals surface area contributed by atoms with Crippen LogP contribution in [0.5, 0.6) is 0 Å². The van der Waals surface area contributed by atoms with Gasteiger partial charge in [-0.25, -0.2) is 4.98 Å². The van der Waals surface area contributed by atoms with Crippen LogP contribution in [0.25, 0.3) is 11.1 Å². The van der Waals surface area contributed by atoms with Crippen molar-refractivity contribution in [3.63, 3.8) is 0 Å². The number of fused-ring (bicyclic) bond motifs is 1. The molecule has 2 heterocycles. The molecule has 4 aromatic rings. The number of aryl methyl sites for hydroxylation is 1. The normalized spacial score (nSPS) is 12.0. The first-order valence-corrected chi connectivity index (χ1v) is 8.81. The number of hydrogen-bond acceptors (Lipinski definition) is 4. The highest BCUT2D eigenvalue weighted by Gasteiger charge is 2.22. The zero-order valence-corrected chi connectivity index (χ0v) is 14.9. The second-order valence-electron chi connectivity index (χ2n) is 6.40. The van der Waals surface area contributed by atoms with Crippen LogP contribution >= 0.6 is 0 Å². The molecule has 5 nitrogen and oxygen atoms in total. The molecular formula is C22H19N3O2. The molecule has 4 rings (SSSR count). The predicted molar refractivity (Wildman–Crippen MR) is 104 cm³/mol. The molecule has 0 aliphatic rings. The number of para-hydroxylation sites is 1. The zero-order chi connectivity index (χ0) is 18.6. The number of nitrogens with zero attached hydrogens (tertiary/aromatic N) is 2. The van der Waals surface area contributed by atoms with Crippen LogP contribution in [0.15, 0.2) is 77.5 Å². The van der Waals surface area contributed by atoms with E-state index in [-0.39, 0.29) is 11.8 Å². The minimum Gasteiger partial charge on any atom is -0.439 e. The summed E-state index contributed by atoms with van der Waals surface area (Å²) in [4.78, 5) is 21.7. The maximum absolute atomic E-state index is 13.2. The SMILES string of the molecule is Cc1nc2cccc(NC(=O)C(Cc3cccnc3)c3ccccc3)c2o1.